The van der Waals surface area contributed by atoms with Crippen molar-refractivity contribution in [2.24, 2.45) is 0 Å². The molecule has 1 atom stereocenters. The van der Waals surface area contributed by atoms with Crippen LogP contribution >= 0.6 is 23.2 Å². The fraction of sp³-hybridized carbons (Fsp3) is 0.286. The number of alkyl halides is 1. The Morgan fingerprint density at radius 1 is 1.17 bits per heavy atom. The summed E-state index contributed by atoms with van der Waals surface area (Å²) in [7, 11) is 1.70. The number of hydrogen-bond acceptors (Lipinski definition) is 2. The number of ether oxygens (including phenoxy) is 1. The van der Waals surface area contributed by atoms with E-state index in [-0.39, 0.29) is 5.38 Å². The van der Waals surface area contributed by atoms with E-state index < -0.39 is 0 Å². The first kappa shape index (κ1) is 13.5. The monoisotopic (exact) mass is 284 g/mol. The molecule has 2 aromatic rings. The molecule has 4 heteroatoms. The Balaban J connectivity index is 2.09. The Kier molecular flexibility index (Phi) is 4.70. The van der Waals surface area contributed by atoms with E-state index in [0.717, 1.165) is 18.6 Å². The average molecular weight is 285 g/mol. The van der Waals surface area contributed by atoms with Gasteiger partial charge in [0.2, 0.25) is 0 Å². The highest BCUT2D eigenvalue weighted by molar-refractivity contribution is 6.29. The first-order valence-corrected chi connectivity index (χ1v) is 6.49. The van der Waals surface area contributed by atoms with E-state index in [2.05, 4.69) is 0 Å². The summed E-state index contributed by atoms with van der Waals surface area (Å²) in [6, 6.07) is 11.6. The Labute approximate surface area is 116 Å². The van der Waals surface area contributed by atoms with Gasteiger partial charge in [-0.05, 0) is 41.3 Å². The second-order valence-corrected chi connectivity index (χ2v) is 4.80. The molecule has 0 saturated carbocycles. The summed E-state index contributed by atoms with van der Waals surface area (Å²) in [5.74, 6) is 0.659. The molecule has 2 nitrogen and oxygen atoms in total. The van der Waals surface area contributed by atoms with Gasteiger partial charge < -0.3 is 9.15 Å². The van der Waals surface area contributed by atoms with Crippen LogP contribution in [0.4, 0.5) is 0 Å². The highest BCUT2D eigenvalue weighted by Crippen LogP contribution is 2.31. The molecule has 0 bridgehead atoms. The predicted octanol–water partition coefficient (Wildman–Crippen LogP) is 4.45. The lowest BCUT2D eigenvalue weighted by Crippen LogP contribution is -1.96. The zero-order valence-corrected chi connectivity index (χ0v) is 11.5. The molecule has 2 rings (SSSR count). The molecule has 0 N–H and O–H groups in total. The van der Waals surface area contributed by atoms with Gasteiger partial charge in [-0.15, -0.1) is 11.6 Å². The maximum Gasteiger partial charge on any atom is 0.193 e. The first-order valence-electron chi connectivity index (χ1n) is 5.68. The third kappa shape index (κ3) is 3.29. The second kappa shape index (κ2) is 6.28. The van der Waals surface area contributed by atoms with E-state index in [1.54, 1.807) is 19.2 Å². The van der Waals surface area contributed by atoms with Crippen molar-refractivity contribution in [3.63, 3.8) is 0 Å². The lowest BCUT2D eigenvalue weighted by Gasteiger charge is -2.08. The van der Waals surface area contributed by atoms with Crippen molar-refractivity contribution in [1.82, 2.24) is 0 Å². The van der Waals surface area contributed by atoms with E-state index in [1.807, 2.05) is 24.3 Å². The number of halogens is 2. The standard InChI is InChI=1S/C14H14Cl2O2/c1-17-9-8-10-2-4-11(5-3-10)14(16)12-6-7-13(15)18-12/h2-7,14H,8-9H2,1H3. The molecule has 0 aliphatic rings. The van der Waals surface area contributed by atoms with E-state index in [9.17, 15) is 0 Å². The van der Waals surface area contributed by atoms with Gasteiger partial charge in [0.25, 0.3) is 0 Å². The normalized spacial score (nSPS) is 12.6. The van der Waals surface area contributed by atoms with Crippen LogP contribution in [0, 0.1) is 0 Å². The van der Waals surface area contributed by atoms with Crippen LogP contribution in [0.3, 0.4) is 0 Å². The van der Waals surface area contributed by atoms with Crippen molar-refractivity contribution < 1.29 is 9.15 Å². The third-order valence-electron chi connectivity index (χ3n) is 2.71. The highest BCUT2D eigenvalue weighted by Gasteiger charge is 2.14. The van der Waals surface area contributed by atoms with Gasteiger partial charge in [0.15, 0.2) is 5.22 Å². The van der Waals surface area contributed by atoms with Gasteiger partial charge in [0, 0.05) is 7.11 Å². The van der Waals surface area contributed by atoms with Crippen LogP contribution in [0.25, 0.3) is 0 Å². The minimum Gasteiger partial charge on any atom is -0.448 e. The van der Waals surface area contributed by atoms with Gasteiger partial charge in [-0.2, -0.15) is 0 Å². The maximum atomic E-state index is 6.32. The molecule has 0 saturated heterocycles. The van der Waals surface area contributed by atoms with Gasteiger partial charge in [-0.25, -0.2) is 0 Å². The minimum atomic E-state index is -0.311. The summed E-state index contributed by atoms with van der Waals surface area (Å²) in [4.78, 5) is 0. The summed E-state index contributed by atoms with van der Waals surface area (Å²) in [5, 5.41) is 0.0429. The minimum absolute atomic E-state index is 0.311. The summed E-state index contributed by atoms with van der Waals surface area (Å²) in [6.45, 7) is 0.720. The molecular formula is C14H14Cl2O2. The largest absolute Gasteiger partial charge is 0.448 e. The molecule has 1 unspecified atom stereocenters. The molecule has 1 aromatic heterocycles. The molecule has 0 spiro atoms. The molecule has 1 aromatic carbocycles. The fourth-order valence-corrected chi connectivity index (χ4v) is 2.12. The SMILES string of the molecule is COCCc1ccc(C(Cl)c2ccc(Cl)o2)cc1. The summed E-state index contributed by atoms with van der Waals surface area (Å²) < 4.78 is 10.3. The smallest absolute Gasteiger partial charge is 0.193 e. The first-order chi connectivity index (χ1) is 8.70. The number of methoxy groups -OCH3 is 1. The Morgan fingerprint density at radius 2 is 1.89 bits per heavy atom. The average Bonchev–Trinajstić information content (AvgIpc) is 2.83. The summed E-state index contributed by atoms with van der Waals surface area (Å²) in [5.41, 5.74) is 2.21. The topological polar surface area (TPSA) is 22.4 Å². The van der Waals surface area contributed by atoms with Gasteiger partial charge in [0.05, 0.1) is 6.61 Å². The van der Waals surface area contributed by atoms with Crippen LogP contribution in [-0.4, -0.2) is 13.7 Å². The van der Waals surface area contributed by atoms with E-state index in [4.69, 9.17) is 32.4 Å². The molecule has 1 heterocycles. The third-order valence-corrected chi connectivity index (χ3v) is 3.38. The van der Waals surface area contributed by atoms with Crippen LogP contribution in [0.1, 0.15) is 22.3 Å². The number of furan rings is 1. The van der Waals surface area contributed by atoms with Gasteiger partial charge in [-0.3, -0.25) is 0 Å². The van der Waals surface area contributed by atoms with Crippen LogP contribution in [0.5, 0.6) is 0 Å². The van der Waals surface area contributed by atoms with Crippen LogP contribution < -0.4 is 0 Å². The molecule has 0 aliphatic heterocycles. The summed E-state index contributed by atoms with van der Waals surface area (Å²) in [6.07, 6.45) is 0.899. The van der Waals surface area contributed by atoms with Gasteiger partial charge in [0.1, 0.15) is 11.1 Å². The van der Waals surface area contributed by atoms with Crippen molar-refractivity contribution >= 4 is 23.2 Å². The lowest BCUT2D eigenvalue weighted by atomic mass is 10.1. The quantitative estimate of drug-likeness (QED) is 0.757. The maximum absolute atomic E-state index is 6.32. The Morgan fingerprint density at radius 3 is 2.44 bits per heavy atom. The number of benzene rings is 1. The van der Waals surface area contributed by atoms with Crippen LogP contribution in [0.15, 0.2) is 40.8 Å². The van der Waals surface area contributed by atoms with Crippen molar-refractivity contribution in [3.8, 4) is 0 Å². The van der Waals surface area contributed by atoms with Gasteiger partial charge >= 0.3 is 0 Å². The molecule has 0 aliphatic carbocycles. The highest BCUT2D eigenvalue weighted by atomic mass is 35.5. The Bertz CT molecular complexity index is 491. The fourth-order valence-electron chi connectivity index (χ4n) is 1.70. The van der Waals surface area contributed by atoms with Crippen molar-refractivity contribution in [2.45, 2.75) is 11.8 Å². The molecule has 0 fully saturated rings. The van der Waals surface area contributed by atoms with Crippen molar-refractivity contribution in [2.75, 3.05) is 13.7 Å². The Hall–Kier alpha value is -0.960. The molecule has 18 heavy (non-hydrogen) atoms. The molecule has 0 amide bonds. The molecule has 96 valence electrons. The van der Waals surface area contributed by atoms with E-state index in [1.165, 1.54) is 5.56 Å². The zero-order chi connectivity index (χ0) is 13.0. The summed E-state index contributed by atoms with van der Waals surface area (Å²) >= 11 is 12.1. The number of hydrogen-bond donors (Lipinski definition) is 0. The van der Waals surface area contributed by atoms with Crippen molar-refractivity contribution in [1.29, 1.82) is 0 Å². The van der Waals surface area contributed by atoms with E-state index >= 15 is 0 Å². The zero-order valence-electron chi connectivity index (χ0n) is 10.0. The second-order valence-electron chi connectivity index (χ2n) is 3.99. The number of rotatable bonds is 5. The van der Waals surface area contributed by atoms with E-state index in [0.29, 0.717) is 11.0 Å². The van der Waals surface area contributed by atoms with Crippen LogP contribution in [-0.2, 0) is 11.2 Å². The lowest BCUT2D eigenvalue weighted by molar-refractivity contribution is 0.202. The predicted molar refractivity (Wildman–Crippen MR) is 73.4 cm³/mol. The van der Waals surface area contributed by atoms with Crippen LogP contribution in [0.2, 0.25) is 5.22 Å². The molecule has 0 radical (unpaired) electrons. The molecular weight excluding hydrogens is 271 g/mol. The van der Waals surface area contributed by atoms with Gasteiger partial charge in [-0.1, -0.05) is 24.3 Å². The van der Waals surface area contributed by atoms with Crippen molar-refractivity contribution in [3.05, 3.63) is 58.5 Å².